The zero-order valence-electron chi connectivity index (χ0n) is 20.7. The van der Waals surface area contributed by atoms with Crippen LogP contribution in [0.1, 0.15) is 34.1 Å². The number of aliphatic hydroxyl groups is 1. The second-order valence-electron chi connectivity index (χ2n) is 9.58. The first kappa shape index (κ1) is 23.2. The summed E-state index contributed by atoms with van der Waals surface area (Å²) in [7, 11) is 0. The van der Waals surface area contributed by atoms with Crippen molar-refractivity contribution in [3.8, 4) is 11.1 Å². The number of hydrogen-bond donors (Lipinski definition) is 3. The molecule has 0 saturated heterocycles. The van der Waals surface area contributed by atoms with Crippen LogP contribution >= 0.6 is 0 Å². The molecule has 5 aromatic rings. The van der Waals surface area contributed by atoms with Crippen LogP contribution in [0.25, 0.3) is 22.2 Å². The van der Waals surface area contributed by atoms with Crippen LogP contribution in [0, 0.1) is 6.92 Å². The van der Waals surface area contributed by atoms with E-state index in [2.05, 4.69) is 48.3 Å². The maximum atomic E-state index is 11.5. The van der Waals surface area contributed by atoms with Crippen LogP contribution in [0.3, 0.4) is 0 Å². The molecule has 0 bridgehead atoms. The van der Waals surface area contributed by atoms with Gasteiger partial charge < -0.3 is 15.8 Å². The van der Waals surface area contributed by atoms with Crippen LogP contribution < -0.4 is 5.73 Å². The Hall–Kier alpha value is -4.26. The fraction of sp³-hybridized carbons (Fsp3) is 0.161. The Balaban J connectivity index is 1.35. The number of nitrogens with one attached hydrogen (secondary N) is 1. The molecule has 184 valence electrons. The third-order valence-electron chi connectivity index (χ3n) is 6.97. The number of aromatic nitrogens is 2. The Morgan fingerprint density at radius 2 is 1.51 bits per heavy atom. The highest BCUT2D eigenvalue weighted by atomic mass is 16.3. The number of hydrogen-bond acceptors (Lipinski definition) is 5. The van der Waals surface area contributed by atoms with E-state index in [9.17, 15) is 5.11 Å². The third-order valence-corrected chi connectivity index (χ3v) is 6.97. The largest absolute Gasteiger partial charge is 0.384 e. The van der Waals surface area contributed by atoms with E-state index in [1.165, 1.54) is 11.1 Å². The van der Waals surface area contributed by atoms with Crippen LogP contribution in [0.15, 0.2) is 102 Å². The summed E-state index contributed by atoms with van der Waals surface area (Å²) in [6.45, 7) is 3.05. The average Bonchev–Trinajstić information content (AvgIpc) is 3.49. The van der Waals surface area contributed by atoms with Gasteiger partial charge in [0.15, 0.2) is 0 Å². The van der Waals surface area contributed by atoms with E-state index < -0.39 is 12.1 Å². The van der Waals surface area contributed by atoms with Gasteiger partial charge in [-0.25, -0.2) is 4.98 Å². The molecule has 0 aliphatic carbocycles. The summed E-state index contributed by atoms with van der Waals surface area (Å²) < 4.78 is 0. The number of hydrazone groups is 1. The minimum Gasteiger partial charge on any atom is -0.384 e. The van der Waals surface area contributed by atoms with Gasteiger partial charge in [-0.3, -0.25) is 5.01 Å². The zero-order chi connectivity index (χ0) is 25.4. The van der Waals surface area contributed by atoms with Crippen LogP contribution in [-0.2, 0) is 13.1 Å². The van der Waals surface area contributed by atoms with Gasteiger partial charge in [-0.05, 0) is 41.3 Å². The fourth-order valence-corrected chi connectivity index (χ4v) is 4.91. The molecule has 2 atom stereocenters. The summed E-state index contributed by atoms with van der Waals surface area (Å²) in [6.07, 6.45) is -0.833. The number of aryl methyl sites for hydroxylation is 1. The van der Waals surface area contributed by atoms with Crippen molar-refractivity contribution < 1.29 is 5.11 Å². The van der Waals surface area contributed by atoms with Crippen LogP contribution in [0.4, 0.5) is 0 Å². The Morgan fingerprint density at radius 3 is 2.24 bits per heavy atom. The molecule has 0 fully saturated rings. The SMILES string of the molecule is Cc1ccc(C2=NN(Cc3ccc(-c4ccccc4)cc3)C(c3nc4ccc(CN)cc4[nH]3)C2O)cc1. The zero-order valence-corrected chi connectivity index (χ0v) is 20.7. The summed E-state index contributed by atoms with van der Waals surface area (Å²) in [6, 6.07) is 32.5. The molecule has 0 spiro atoms. The lowest BCUT2D eigenvalue weighted by Crippen LogP contribution is -2.30. The lowest BCUT2D eigenvalue weighted by Gasteiger charge is -2.24. The molecule has 0 amide bonds. The van der Waals surface area contributed by atoms with E-state index in [-0.39, 0.29) is 0 Å². The number of nitrogens with two attached hydrogens (primary N) is 1. The van der Waals surface area contributed by atoms with Crippen molar-refractivity contribution in [1.29, 1.82) is 0 Å². The molecule has 4 N–H and O–H groups in total. The first-order valence-corrected chi connectivity index (χ1v) is 12.5. The second kappa shape index (κ2) is 9.65. The maximum Gasteiger partial charge on any atom is 0.137 e. The molecular formula is C31H29N5O. The van der Waals surface area contributed by atoms with Gasteiger partial charge in [0.2, 0.25) is 0 Å². The molecule has 6 nitrogen and oxygen atoms in total. The van der Waals surface area contributed by atoms with E-state index in [1.54, 1.807) is 0 Å². The molecule has 6 rings (SSSR count). The summed E-state index contributed by atoms with van der Waals surface area (Å²) >= 11 is 0. The quantitative estimate of drug-likeness (QED) is 0.302. The van der Waals surface area contributed by atoms with Crippen molar-refractivity contribution in [1.82, 2.24) is 15.0 Å². The number of fused-ring (bicyclic) bond motifs is 1. The number of aromatic amines is 1. The van der Waals surface area contributed by atoms with Gasteiger partial charge in [-0.1, -0.05) is 90.5 Å². The number of aliphatic hydroxyl groups excluding tert-OH is 1. The molecule has 2 heterocycles. The van der Waals surface area contributed by atoms with E-state index in [4.69, 9.17) is 15.8 Å². The van der Waals surface area contributed by atoms with E-state index in [0.717, 1.165) is 33.3 Å². The first-order chi connectivity index (χ1) is 18.1. The van der Waals surface area contributed by atoms with Crippen molar-refractivity contribution in [3.05, 3.63) is 125 Å². The van der Waals surface area contributed by atoms with Gasteiger partial charge in [0.1, 0.15) is 18.0 Å². The predicted octanol–water partition coefficient (Wildman–Crippen LogP) is 5.32. The topological polar surface area (TPSA) is 90.5 Å². The Bertz CT molecular complexity index is 1560. The van der Waals surface area contributed by atoms with Gasteiger partial charge in [-0.15, -0.1) is 0 Å². The Morgan fingerprint density at radius 1 is 0.838 bits per heavy atom. The fourth-order valence-electron chi connectivity index (χ4n) is 4.91. The van der Waals surface area contributed by atoms with Crippen LogP contribution in [0.5, 0.6) is 0 Å². The highest BCUT2D eigenvalue weighted by Gasteiger charge is 2.39. The summed E-state index contributed by atoms with van der Waals surface area (Å²) in [5.41, 5.74) is 14.8. The highest BCUT2D eigenvalue weighted by molar-refractivity contribution is 6.05. The number of nitrogens with zero attached hydrogens (tertiary/aromatic N) is 3. The lowest BCUT2D eigenvalue weighted by molar-refractivity contribution is 0.109. The molecule has 6 heteroatoms. The van der Waals surface area contributed by atoms with E-state index in [0.29, 0.717) is 24.6 Å². The number of H-pyrrole nitrogens is 1. The van der Waals surface area contributed by atoms with Crippen molar-refractivity contribution >= 4 is 16.7 Å². The third kappa shape index (κ3) is 4.53. The molecular weight excluding hydrogens is 458 g/mol. The maximum absolute atomic E-state index is 11.5. The standard InChI is InChI=1S/C31H29N5O/c1-20-7-12-25(13-8-20)28-30(37)29(31-33-26-16-11-22(18-32)17-27(26)34-31)36(35-28)19-21-9-14-24(15-10-21)23-5-3-2-4-6-23/h2-17,29-30,37H,18-19,32H2,1H3,(H,33,34). The summed E-state index contributed by atoms with van der Waals surface area (Å²) in [5, 5.41) is 18.4. The predicted molar refractivity (Wildman–Crippen MR) is 148 cm³/mol. The van der Waals surface area contributed by atoms with Gasteiger partial charge in [-0.2, -0.15) is 5.10 Å². The smallest absolute Gasteiger partial charge is 0.137 e. The van der Waals surface area contributed by atoms with E-state index in [1.807, 2.05) is 65.7 Å². The molecule has 4 aromatic carbocycles. The Labute approximate surface area is 216 Å². The van der Waals surface area contributed by atoms with Gasteiger partial charge >= 0.3 is 0 Å². The van der Waals surface area contributed by atoms with Crippen LogP contribution in [-0.4, -0.2) is 31.9 Å². The Kier molecular flexibility index (Phi) is 6.04. The lowest BCUT2D eigenvalue weighted by atomic mass is 9.99. The van der Waals surface area contributed by atoms with E-state index >= 15 is 0 Å². The van der Waals surface area contributed by atoms with Crippen molar-refractivity contribution in [2.45, 2.75) is 32.2 Å². The number of rotatable bonds is 6. The van der Waals surface area contributed by atoms with Crippen molar-refractivity contribution in [2.75, 3.05) is 0 Å². The summed E-state index contributed by atoms with van der Waals surface area (Å²) in [5.74, 6) is 0.684. The van der Waals surface area contributed by atoms with Crippen LogP contribution in [0.2, 0.25) is 0 Å². The minimum atomic E-state index is -0.833. The monoisotopic (exact) mass is 487 g/mol. The number of imidazole rings is 1. The first-order valence-electron chi connectivity index (χ1n) is 12.5. The van der Waals surface area contributed by atoms with Gasteiger partial charge in [0, 0.05) is 12.1 Å². The number of benzene rings is 4. The molecule has 37 heavy (non-hydrogen) atoms. The second-order valence-corrected chi connectivity index (χ2v) is 9.58. The molecule has 0 saturated carbocycles. The minimum absolute atomic E-state index is 0.446. The summed E-state index contributed by atoms with van der Waals surface area (Å²) in [4.78, 5) is 8.27. The van der Waals surface area contributed by atoms with Crippen molar-refractivity contribution in [2.24, 2.45) is 10.8 Å². The van der Waals surface area contributed by atoms with Gasteiger partial charge in [0.05, 0.1) is 23.3 Å². The molecule has 1 aliphatic heterocycles. The highest BCUT2D eigenvalue weighted by Crippen LogP contribution is 2.34. The molecule has 0 radical (unpaired) electrons. The normalized spacial score (nSPS) is 17.4. The van der Waals surface area contributed by atoms with Crippen molar-refractivity contribution in [3.63, 3.8) is 0 Å². The molecule has 1 aliphatic rings. The average molecular weight is 488 g/mol. The van der Waals surface area contributed by atoms with Gasteiger partial charge in [0.25, 0.3) is 0 Å². The molecule has 1 aromatic heterocycles. The molecule has 2 unspecified atom stereocenters.